The SMILES string of the molecule is CCOc1ccc(C2=C(Nc3ccccc3OC)C(=O)N(C)C2=O)cc1. The maximum atomic E-state index is 12.6. The number of anilines is 1. The number of para-hydroxylation sites is 2. The molecule has 0 saturated carbocycles. The molecule has 3 rings (SSSR count). The third-order valence-corrected chi connectivity index (χ3v) is 4.11. The van der Waals surface area contributed by atoms with Crippen LogP contribution in [-0.4, -0.2) is 37.5 Å². The van der Waals surface area contributed by atoms with Crippen LogP contribution in [0.4, 0.5) is 5.69 Å². The summed E-state index contributed by atoms with van der Waals surface area (Å²) in [4.78, 5) is 26.3. The molecule has 1 aliphatic rings. The molecule has 2 amide bonds. The van der Waals surface area contributed by atoms with E-state index in [0.29, 0.717) is 34.9 Å². The van der Waals surface area contributed by atoms with Crippen molar-refractivity contribution < 1.29 is 19.1 Å². The van der Waals surface area contributed by atoms with Gasteiger partial charge in [0.15, 0.2) is 0 Å². The van der Waals surface area contributed by atoms with E-state index in [0.717, 1.165) is 4.90 Å². The predicted octanol–water partition coefficient (Wildman–Crippen LogP) is 2.92. The zero-order chi connectivity index (χ0) is 18.7. The molecule has 2 aromatic carbocycles. The second-order valence-corrected chi connectivity index (χ2v) is 5.70. The molecule has 0 saturated heterocycles. The molecule has 0 radical (unpaired) electrons. The molecule has 0 fully saturated rings. The lowest BCUT2D eigenvalue weighted by Crippen LogP contribution is -2.27. The smallest absolute Gasteiger partial charge is 0.277 e. The van der Waals surface area contributed by atoms with E-state index in [4.69, 9.17) is 9.47 Å². The number of likely N-dealkylation sites (N-methyl/N-ethyl adjacent to an activating group) is 1. The third-order valence-electron chi connectivity index (χ3n) is 4.11. The molecule has 2 aromatic rings. The van der Waals surface area contributed by atoms with Crippen molar-refractivity contribution in [3.05, 3.63) is 59.8 Å². The van der Waals surface area contributed by atoms with E-state index in [1.165, 1.54) is 7.05 Å². The van der Waals surface area contributed by atoms with Crippen LogP contribution in [0.1, 0.15) is 12.5 Å². The summed E-state index contributed by atoms with van der Waals surface area (Å²) in [6, 6.07) is 14.3. The lowest BCUT2D eigenvalue weighted by molar-refractivity contribution is -0.135. The van der Waals surface area contributed by atoms with Crippen molar-refractivity contribution in [2.75, 3.05) is 26.1 Å². The Bertz CT molecular complexity index is 872. The third kappa shape index (κ3) is 3.13. The fourth-order valence-electron chi connectivity index (χ4n) is 2.79. The highest BCUT2D eigenvalue weighted by Crippen LogP contribution is 2.33. The Hall–Kier alpha value is -3.28. The zero-order valence-corrected chi connectivity index (χ0v) is 14.9. The van der Waals surface area contributed by atoms with Gasteiger partial charge in [0.25, 0.3) is 11.8 Å². The molecule has 0 aliphatic carbocycles. The Morgan fingerprint density at radius 1 is 1.00 bits per heavy atom. The highest BCUT2D eigenvalue weighted by atomic mass is 16.5. The zero-order valence-electron chi connectivity index (χ0n) is 14.9. The first-order valence-corrected chi connectivity index (χ1v) is 8.26. The molecule has 1 aliphatic heterocycles. The fraction of sp³-hybridized carbons (Fsp3) is 0.200. The second kappa shape index (κ2) is 7.31. The topological polar surface area (TPSA) is 67.9 Å². The predicted molar refractivity (Wildman–Crippen MR) is 98.9 cm³/mol. The number of carbonyl (C=O) groups is 2. The molecule has 0 spiro atoms. The van der Waals surface area contributed by atoms with Crippen LogP contribution in [0.3, 0.4) is 0 Å². The van der Waals surface area contributed by atoms with Crippen molar-refractivity contribution in [2.45, 2.75) is 6.92 Å². The number of nitrogens with one attached hydrogen (secondary N) is 1. The van der Waals surface area contributed by atoms with Crippen LogP contribution in [0.25, 0.3) is 5.57 Å². The van der Waals surface area contributed by atoms with Crippen molar-refractivity contribution in [3.8, 4) is 11.5 Å². The van der Waals surface area contributed by atoms with E-state index in [1.54, 1.807) is 43.5 Å². The number of hydrogen-bond acceptors (Lipinski definition) is 5. The van der Waals surface area contributed by atoms with Gasteiger partial charge in [-0.05, 0) is 36.8 Å². The molecule has 134 valence electrons. The minimum absolute atomic E-state index is 0.228. The molecule has 0 bridgehead atoms. The Balaban J connectivity index is 2.04. The Morgan fingerprint density at radius 3 is 2.35 bits per heavy atom. The van der Waals surface area contributed by atoms with Crippen LogP contribution in [0.5, 0.6) is 11.5 Å². The quantitative estimate of drug-likeness (QED) is 0.810. The molecule has 0 atom stereocenters. The summed E-state index contributed by atoms with van der Waals surface area (Å²) in [6.07, 6.45) is 0. The van der Waals surface area contributed by atoms with Crippen molar-refractivity contribution in [1.82, 2.24) is 4.90 Å². The average molecular weight is 352 g/mol. The highest BCUT2D eigenvalue weighted by Gasteiger charge is 2.37. The number of ether oxygens (including phenoxy) is 2. The van der Waals surface area contributed by atoms with Crippen molar-refractivity contribution in [3.63, 3.8) is 0 Å². The Kier molecular flexibility index (Phi) is 4.93. The van der Waals surface area contributed by atoms with Crippen LogP contribution < -0.4 is 14.8 Å². The van der Waals surface area contributed by atoms with Crippen LogP contribution in [0.2, 0.25) is 0 Å². The van der Waals surface area contributed by atoms with Gasteiger partial charge in [-0.15, -0.1) is 0 Å². The number of methoxy groups -OCH3 is 1. The highest BCUT2D eigenvalue weighted by molar-refractivity contribution is 6.36. The standard InChI is InChI=1S/C20H20N2O4/c1-4-26-14-11-9-13(10-12-14)17-18(20(24)22(2)19(17)23)21-15-7-5-6-8-16(15)25-3/h5-12,21H,4H2,1-3H3. The minimum atomic E-state index is -0.384. The van der Waals surface area contributed by atoms with Crippen LogP contribution in [-0.2, 0) is 9.59 Å². The summed E-state index contributed by atoms with van der Waals surface area (Å²) < 4.78 is 10.8. The summed E-state index contributed by atoms with van der Waals surface area (Å²) in [6.45, 7) is 2.46. The van der Waals surface area contributed by atoms with Crippen LogP contribution in [0, 0.1) is 0 Å². The summed E-state index contributed by atoms with van der Waals surface area (Å²) >= 11 is 0. The molecule has 6 nitrogen and oxygen atoms in total. The number of imide groups is 1. The van der Waals surface area contributed by atoms with Gasteiger partial charge in [-0.25, -0.2) is 0 Å². The van der Waals surface area contributed by atoms with Gasteiger partial charge in [-0.3, -0.25) is 14.5 Å². The first-order chi connectivity index (χ1) is 12.6. The molecular weight excluding hydrogens is 332 g/mol. The van der Waals surface area contributed by atoms with Crippen molar-refractivity contribution >= 4 is 23.1 Å². The van der Waals surface area contributed by atoms with Gasteiger partial charge in [0.2, 0.25) is 0 Å². The maximum absolute atomic E-state index is 12.6. The lowest BCUT2D eigenvalue weighted by Gasteiger charge is -2.12. The normalized spacial score (nSPS) is 14.0. The van der Waals surface area contributed by atoms with Gasteiger partial charge in [-0.2, -0.15) is 0 Å². The van der Waals surface area contributed by atoms with Gasteiger partial charge in [0, 0.05) is 7.05 Å². The monoisotopic (exact) mass is 352 g/mol. The van der Waals surface area contributed by atoms with E-state index >= 15 is 0 Å². The number of amides is 2. The number of rotatable bonds is 6. The summed E-state index contributed by atoms with van der Waals surface area (Å²) in [5.41, 5.74) is 1.82. The van der Waals surface area contributed by atoms with E-state index in [1.807, 2.05) is 19.1 Å². The second-order valence-electron chi connectivity index (χ2n) is 5.70. The maximum Gasteiger partial charge on any atom is 0.277 e. The van der Waals surface area contributed by atoms with Gasteiger partial charge in [0.1, 0.15) is 17.2 Å². The van der Waals surface area contributed by atoms with Crippen LogP contribution in [0.15, 0.2) is 54.2 Å². The first-order valence-electron chi connectivity index (χ1n) is 8.26. The van der Waals surface area contributed by atoms with Crippen molar-refractivity contribution in [2.24, 2.45) is 0 Å². The number of benzene rings is 2. The molecule has 1 N–H and O–H groups in total. The minimum Gasteiger partial charge on any atom is -0.495 e. The molecule has 0 aromatic heterocycles. The summed E-state index contributed by atoms with van der Waals surface area (Å²) in [5, 5.41) is 3.07. The average Bonchev–Trinajstić information content (AvgIpc) is 2.87. The first kappa shape index (κ1) is 17.5. The lowest BCUT2D eigenvalue weighted by atomic mass is 10.0. The number of nitrogens with zero attached hydrogens (tertiary/aromatic N) is 1. The molecular formula is C20H20N2O4. The summed E-state index contributed by atoms with van der Waals surface area (Å²) in [7, 11) is 3.02. The number of carbonyl (C=O) groups excluding carboxylic acids is 2. The van der Waals surface area contributed by atoms with Gasteiger partial charge < -0.3 is 14.8 Å². The van der Waals surface area contributed by atoms with E-state index < -0.39 is 0 Å². The van der Waals surface area contributed by atoms with E-state index in [-0.39, 0.29) is 17.5 Å². The molecule has 26 heavy (non-hydrogen) atoms. The molecule has 6 heteroatoms. The van der Waals surface area contributed by atoms with Crippen LogP contribution >= 0.6 is 0 Å². The Morgan fingerprint density at radius 2 is 1.69 bits per heavy atom. The van der Waals surface area contributed by atoms with E-state index in [9.17, 15) is 9.59 Å². The fourth-order valence-corrected chi connectivity index (χ4v) is 2.79. The van der Waals surface area contributed by atoms with Crippen molar-refractivity contribution in [1.29, 1.82) is 0 Å². The van der Waals surface area contributed by atoms with Gasteiger partial charge in [0.05, 0.1) is 25.0 Å². The molecule has 0 unspecified atom stereocenters. The van der Waals surface area contributed by atoms with Gasteiger partial charge >= 0.3 is 0 Å². The Labute approximate surface area is 152 Å². The molecule has 1 heterocycles. The van der Waals surface area contributed by atoms with E-state index in [2.05, 4.69) is 5.32 Å². The summed E-state index contributed by atoms with van der Waals surface area (Å²) in [5.74, 6) is 0.559. The largest absolute Gasteiger partial charge is 0.495 e. The van der Waals surface area contributed by atoms with Gasteiger partial charge in [-0.1, -0.05) is 24.3 Å². The number of hydrogen-bond donors (Lipinski definition) is 1.